The highest BCUT2D eigenvalue weighted by molar-refractivity contribution is 7.89. The maximum atomic E-state index is 12.8. The smallest absolute Gasteiger partial charge is 0.324 e. The third-order valence-electron chi connectivity index (χ3n) is 3.95. The Bertz CT molecular complexity index is 749. The third-order valence-corrected chi connectivity index (χ3v) is 6.12. The largest absolute Gasteiger partial charge is 0.454 e. The van der Waals surface area contributed by atoms with Crippen LogP contribution in [0, 0.1) is 5.92 Å². The van der Waals surface area contributed by atoms with E-state index >= 15 is 0 Å². The Morgan fingerprint density at radius 3 is 2.58 bits per heavy atom. The fourth-order valence-corrected chi connectivity index (χ4v) is 4.38. The predicted molar refractivity (Wildman–Crippen MR) is 97.2 cm³/mol. The zero-order valence-corrected chi connectivity index (χ0v) is 16.3. The minimum absolute atomic E-state index is 0.0660. The van der Waals surface area contributed by atoms with Gasteiger partial charge in [-0.05, 0) is 43.0 Å². The Hall–Kier alpha value is -1.64. The first-order chi connectivity index (χ1) is 12.2. The summed E-state index contributed by atoms with van der Waals surface area (Å²) in [7, 11) is -3.84. The van der Waals surface area contributed by atoms with Gasteiger partial charge in [0.1, 0.15) is 6.04 Å². The maximum Gasteiger partial charge on any atom is 0.324 e. The molecule has 1 heterocycles. The van der Waals surface area contributed by atoms with Gasteiger partial charge in [-0.1, -0.05) is 25.4 Å². The van der Waals surface area contributed by atoms with Crippen LogP contribution in [0.15, 0.2) is 29.2 Å². The molecular formula is C17H23ClN2O5S. The molecule has 144 valence electrons. The van der Waals surface area contributed by atoms with Crippen molar-refractivity contribution in [3.63, 3.8) is 0 Å². The average molecular weight is 403 g/mol. The summed E-state index contributed by atoms with van der Waals surface area (Å²) >= 11 is 5.80. The maximum absolute atomic E-state index is 12.8. The van der Waals surface area contributed by atoms with E-state index in [1.54, 1.807) is 0 Å². The van der Waals surface area contributed by atoms with Crippen molar-refractivity contribution < 1.29 is 22.7 Å². The van der Waals surface area contributed by atoms with E-state index in [9.17, 15) is 18.0 Å². The highest BCUT2D eigenvalue weighted by Crippen LogP contribution is 2.27. The summed E-state index contributed by atoms with van der Waals surface area (Å²) in [4.78, 5) is 24.0. The molecule has 1 atom stereocenters. The Labute approximate surface area is 158 Å². The van der Waals surface area contributed by atoms with Gasteiger partial charge in [0.2, 0.25) is 10.0 Å². The van der Waals surface area contributed by atoms with Gasteiger partial charge in [-0.3, -0.25) is 9.59 Å². The number of hydrogen-bond acceptors (Lipinski definition) is 5. The second-order valence-electron chi connectivity index (χ2n) is 6.53. The van der Waals surface area contributed by atoms with Gasteiger partial charge in [-0.15, -0.1) is 0 Å². The first-order valence-corrected chi connectivity index (χ1v) is 10.2. The first-order valence-electron chi connectivity index (χ1n) is 8.42. The molecule has 0 radical (unpaired) electrons. The van der Waals surface area contributed by atoms with Gasteiger partial charge in [0.25, 0.3) is 5.91 Å². The van der Waals surface area contributed by atoms with Gasteiger partial charge in [0.05, 0.1) is 4.90 Å². The number of esters is 1. The molecule has 1 saturated heterocycles. The summed E-state index contributed by atoms with van der Waals surface area (Å²) < 4.78 is 31.7. The van der Waals surface area contributed by atoms with Crippen molar-refractivity contribution in [2.45, 2.75) is 37.6 Å². The quantitative estimate of drug-likeness (QED) is 0.702. The molecule has 0 spiro atoms. The first kappa shape index (κ1) is 20.7. The minimum atomic E-state index is -3.84. The summed E-state index contributed by atoms with van der Waals surface area (Å²) in [6, 6.07) is 4.84. The molecule has 1 aromatic rings. The topological polar surface area (TPSA) is 92.8 Å². The third kappa shape index (κ3) is 5.18. The van der Waals surface area contributed by atoms with Crippen molar-refractivity contribution in [3.05, 3.63) is 29.3 Å². The fraction of sp³-hybridized carbons (Fsp3) is 0.529. The van der Waals surface area contributed by atoms with Crippen LogP contribution >= 0.6 is 11.6 Å². The van der Waals surface area contributed by atoms with E-state index in [1.165, 1.54) is 24.3 Å². The number of ether oxygens (including phenoxy) is 1. The summed E-state index contributed by atoms with van der Waals surface area (Å²) in [5, 5.41) is 3.06. The fourth-order valence-electron chi connectivity index (χ4n) is 2.61. The molecule has 2 rings (SSSR count). The van der Waals surface area contributed by atoms with Crippen LogP contribution in [0.3, 0.4) is 0 Å². The Morgan fingerprint density at radius 1 is 1.31 bits per heavy atom. The molecule has 9 heteroatoms. The van der Waals surface area contributed by atoms with E-state index in [0.29, 0.717) is 24.4 Å². The molecule has 0 bridgehead atoms. The Morgan fingerprint density at radius 2 is 1.96 bits per heavy atom. The second-order valence-corrected chi connectivity index (χ2v) is 8.86. The summed E-state index contributed by atoms with van der Waals surface area (Å²) in [5.41, 5.74) is 0. The van der Waals surface area contributed by atoms with Gasteiger partial charge in [-0.25, -0.2) is 8.42 Å². The standard InChI is InChI=1S/C17H23ClN2O5S/c1-12(2)10-19-16(21)11-25-17(22)15-4-3-9-20(15)26(23,24)14-7-5-13(18)6-8-14/h5-8,12,15H,3-4,9-11H2,1-2H3,(H,19,21)/t15-/m0/s1. The van der Waals surface area contributed by atoms with Crippen molar-refractivity contribution >= 4 is 33.5 Å². The zero-order chi connectivity index (χ0) is 19.3. The van der Waals surface area contributed by atoms with Gasteiger partial charge in [0.15, 0.2) is 6.61 Å². The summed E-state index contributed by atoms with van der Waals surface area (Å²) in [6.07, 6.45) is 0.908. The number of rotatable bonds is 7. The SMILES string of the molecule is CC(C)CNC(=O)COC(=O)[C@@H]1CCCN1S(=O)(=O)c1ccc(Cl)cc1. The Kier molecular flexibility index (Phi) is 7.02. The molecule has 1 aliphatic heterocycles. The highest BCUT2D eigenvalue weighted by Gasteiger charge is 2.40. The van der Waals surface area contributed by atoms with E-state index in [4.69, 9.17) is 16.3 Å². The predicted octanol–water partition coefficient (Wildman–Crippen LogP) is 1.81. The minimum Gasteiger partial charge on any atom is -0.454 e. The normalized spacial score (nSPS) is 18.1. The Balaban J connectivity index is 2.01. The lowest BCUT2D eigenvalue weighted by atomic mass is 10.2. The number of halogens is 1. The lowest BCUT2D eigenvalue weighted by Gasteiger charge is -2.22. The van der Waals surface area contributed by atoms with Gasteiger partial charge < -0.3 is 10.1 Å². The number of hydrogen-bond donors (Lipinski definition) is 1. The van der Waals surface area contributed by atoms with Crippen LogP contribution < -0.4 is 5.32 Å². The zero-order valence-electron chi connectivity index (χ0n) is 14.8. The van der Waals surface area contributed by atoms with E-state index < -0.39 is 34.5 Å². The summed E-state index contributed by atoms with van der Waals surface area (Å²) in [6.45, 7) is 4.19. The van der Waals surface area contributed by atoms with Crippen molar-refractivity contribution in [3.8, 4) is 0 Å². The lowest BCUT2D eigenvalue weighted by Crippen LogP contribution is -2.42. The summed E-state index contributed by atoms with van der Waals surface area (Å²) in [5.74, 6) is -0.832. The number of carbonyl (C=O) groups is 2. The van der Waals surface area contributed by atoms with Crippen LogP contribution in [0.1, 0.15) is 26.7 Å². The number of nitrogens with one attached hydrogen (secondary N) is 1. The van der Waals surface area contributed by atoms with Crippen molar-refractivity contribution in [2.24, 2.45) is 5.92 Å². The number of amides is 1. The molecule has 0 aromatic heterocycles. The monoisotopic (exact) mass is 402 g/mol. The van der Waals surface area contributed by atoms with Crippen LogP contribution in [-0.2, 0) is 24.3 Å². The molecule has 1 aliphatic rings. The molecule has 1 aromatic carbocycles. The average Bonchev–Trinajstić information content (AvgIpc) is 3.09. The number of carbonyl (C=O) groups excluding carboxylic acids is 2. The number of benzene rings is 1. The molecule has 26 heavy (non-hydrogen) atoms. The van der Waals surface area contributed by atoms with E-state index in [0.717, 1.165) is 4.31 Å². The molecule has 0 saturated carbocycles. The molecule has 1 fully saturated rings. The molecule has 0 aliphatic carbocycles. The van der Waals surface area contributed by atoms with Crippen molar-refractivity contribution in [1.29, 1.82) is 0 Å². The number of sulfonamides is 1. The van der Waals surface area contributed by atoms with E-state index in [2.05, 4.69) is 5.32 Å². The molecule has 7 nitrogen and oxygen atoms in total. The van der Waals surface area contributed by atoms with Crippen LogP contribution in [0.5, 0.6) is 0 Å². The van der Waals surface area contributed by atoms with E-state index in [-0.39, 0.29) is 17.4 Å². The van der Waals surface area contributed by atoms with Gasteiger partial charge in [0, 0.05) is 18.1 Å². The molecule has 1 N–H and O–H groups in total. The second kappa shape index (κ2) is 8.83. The molecule has 1 amide bonds. The van der Waals surface area contributed by atoms with Gasteiger partial charge >= 0.3 is 5.97 Å². The van der Waals surface area contributed by atoms with Crippen LogP contribution in [0.2, 0.25) is 5.02 Å². The van der Waals surface area contributed by atoms with Crippen molar-refractivity contribution in [2.75, 3.05) is 19.7 Å². The van der Waals surface area contributed by atoms with Gasteiger partial charge in [-0.2, -0.15) is 4.31 Å². The van der Waals surface area contributed by atoms with Crippen molar-refractivity contribution in [1.82, 2.24) is 9.62 Å². The number of nitrogens with zero attached hydrogens (tertiary/aromatic N) is 1. The molecule has 0 unspecified atom stereocenters. The highest BCUT2D eigenvalue weighted by atomic mass is 35.5. The molecular weight excluding hydrogens is 380 g/mol. The van der Waals surface area contributed by atoms with E-state index in [1.807, 2.05) is 13.8 Å². The van der Waals surface area contributed by atoms with Crippen LogP contribution in [0.25, 0.3) is 0 Å². The van der Waals surface area contributed by atoms with Crippen LogP contribution in [-0.4, -0.2) is 50.3 Å². The lowest BCUT2D eigenvalue weighted by molar-refractivity contribution is -0.151. The van der Waals surface area contributed by atoms with Crippen LogP contribution in [0.4, 0.5) is 0 Å².